The number of nitrogens with one attached hydrogen (secondary N) is 2. The Hall–Kier alpha value is -2.08. The minimum absolute atomic E-state index is 0.0487. The second-order valence-electron chi connectivity index (χ2n) is 5.52. The first-order valence-electron chi connectivity index (χ1n) is 6.42. The number of carbonyl (C=O) groups is 2. The SMILES string of the molecule is CC(N)c1ccc(NC(=O)NC(C)(C)CC(N)=O)cc1. The topological polar surface area (TPSA) is 110 Å². The summed E-state index contributed by atoms with van der Waals surface area (Å²) < 4.78 is 0. The summed E-state index contributed by atoms with van der Waals surface area (Å²) in [6.07, 6.45) is 0.0735. The van der Waals surface area contributed by atoms with Gasteiger partial charge >= 0.3 is 6.03 Å². The van der Waals surface area contributed by atoms with Crippen LogP contribution in [0.15, 0.2) is 24.3 Å². The van der Waals surface area contributed by atoms with Gasteiger partial charge < -0.3 is 22.1 Å². The van der Waals surface area contributed by atoms with Crippen LogP contribution in [0.5, 0.6) is 0 Å². The van der Waals surface area contributed by atoms with Crippen LogP contribution in [-0.4, -0.2) is 17.5 Å². The summed E-state index contributed by atoms with van der Waals surface area (Å²) in [6.45, 7) is 5.36. The zero-order valence-electron chi connectivity index (χ0n) is 12.1. The maximum Gasteiger partial charge on any atom is 0.319 e. The molecule has 0 aromatic heterocycles. The van der Waals surface area contributed by atoms with Crippen molar-refractivity contribution in [2.45, 2.75) is 38.8 Å². The molecule has 6 N–H and O–H groups in total. The number of rotatable bonds is 5. The van der Waals surface area contributed by atoms with Crippen molar-refractivity contribution in [1.82, 2.24) is 5.32 Å². The summed E-state index contributed by atoms with van der Waals surface area (Å²) in [5.41, 5.74) is 11.8. The predicted octanol–water partition coefficient (Wildman–Crippen LogP) is 1.48. The maximum atomic E-state index is 11.8. The Kier molecular flexibility index (Phi) is 5.10. The normalized spacial score (nSPS) is 12.6. The lowest BCUT2D eigenvalue weighted by molar-refractivity contribution is -0.119. The minimum atomic E-state index is -0.693. The average Bonchev–Trinajstić information content (AvgIpc) is 2.26. The van der Waals surface area contributed by atoms with Gasteiger partial charge in [-0.15, -0.1) is 0 Å². The maximum absolute atomic E-state index is 11.8. The van der Waals surface area contributed by atoms with Gasteiger partial charge in [0.25, 0.3) is 0 Å². The van der Waals surface area contributed by atoms with Crippen molar-refractivity contribution in [3.8, 4) is 0 Å². The standard InChI is InChI=1S/C14H22N4O2/c1-9(15)10-4-6-11(7-5-10)17-13(20)18-14(2,3)8-12(16)19/h4-7,9H,8,15H2,1-3H3,(H2,16,19)(H2,17,18,20). The van der Waals surface area contributed by atoms with Crippen LogP contribution < -0.4 is 22.1 Å². The Morgan fingerprint density at radius 3 is 2.25 bits per heavy atom. The highest BCUT2D eigenvalue weighted by Crippen LogP contribution is 2.14. The Morgan fingerprint density at radius 2 is 1.80 bits per heavy atom. The van der Waals surface area contributed by atoms with Crippen LogP contribution in [0.1, 0.15) is 38.8 Å². The third-order valence-electron chi connectivity index (χ3n) is 2.76. The Balaban J connectivity index is 2.60. The van der Waals surface area contributed by atoms with Crippen molar-refractivity contribution in [3.63, 3.8) is 0 Å². The third kappa shape index (κ3) is 5.27. The van der Waals surface area contributed by atoms with Crippen molar-refractivity contribution in [2.24, 2.45) is 11.5 Å². The van der Waals surface area contributed by atoms with Gasteiger partial charge in [0.15, 0.2) is 0 Å². The summed E-state index contributed by atoms with van der Waals surface area (Å²) in [4.78, 5) is 22.7. The number of primary amides is 1. The van der Waals surface area contributed by atoms with Crippen LogP contribution in [0, 0.1) is 0 Å². The van der Waals surface area contributed by atoms with Crippen molar-refractivity contribution >= 4 is 17.6 Å². The quantitative estimate of drug-likeness (QED) is 0.654. The average molecular weight is 278 g/mol. The molecule has 0 aliphatic rings. The van der Waals surface area contributed by atoms with Crippen molar-refractivity contribution in [3.05, 3.63) is 29.8 Å². The summed E-state index contributed by atoms with van der Waals surface area (Å²) >= 11 is 0. The Bertz CT molecular complexity index is 480. The van der Waals surface area contributed by atoms with Crippen LogP contribution >= 0.6 is 0 Å². The largest absolute Gasteiger partial charge is 0.370 e. The number of anilines is 1. The van der Waals surface area contributed by atoms with Crippen LogP contribution in [0.3, 0.4) is 0 Å². The highest BCUT2D eigenvalue weighted by molar-refractivity contribution is 5.90. The first kappa shape index (κ1) is 16.0. The molecular formula is C14H22N4O2. The second-order valence-corrected chi connectivity index (χ2v) is 5.52. The molecule has 0 aliphatic heterocycles. The molecule has 3 amide bonds. The number of urea groups is 1. The fourth-order valence-electron chi connectivity index (χ4n) is 1.82. The molecule has 1 atom stereocenters. The third-order valence-corrected chi connectivity index (χ3v) is 2.76. The first-order valence-corrected chi connectivity index (χ1v) is 6.42. The molecule has 1 aromatic rings. The number of benzene rings is 1. The molecule has 0 spiro atoms. The van der Waals surface area contributed by atoms with E-state index in [2.05, 4.69) is 10.6 Å². The van der Waals surface area contributed by atoms with Crippen molar-refractivity contribution in [1.29, 1.82) is 0 Å². The summed E-state index contributed by atoms with van der Waals surface area (Å²) in [5.74, 6) is -0.461. The van der Waals surface area contributed by atoms with Gasteiger partial charge in [0, 0.05) is 23.7 Å². The molecule has 6 heteroatoms. The van der Waals surface area contributed by atoms with Gasteiger partial charge in [-0.25, -0.2) is 4.79 Å². The molecule has 0 aliphatic carbocycles. The van der Waals surface area contributed by atoms with E-state index in [9.17, 15) is 9.59 Å². The van der Waals surface area contributed by atoms with Gasteiger partial charge in [-0.3, -0.25) is 4.79 Å². The summed E-state index contributed by atoms with van der Waals surface area (Å²) in [7, 11) is 0. The van der Waals surface area contributed by atoms with Crippen LogP contribution in [0.4, 0.5) is 10.5 Å². The molecule has 6 nitrogen and oxygen atoms in total. The number of carbonyl (C=O) groups excluding carboxylic acids is 2. The van der Waals surface area contributed by atoms with Gasteiger partial charge in [0.05, 0.1) is 0 Å². The van der Waals surface area contributed by atoms with Crippen LogP contribution in [0.2, 0.25) is 0 Å². The monoisotopic (exact) mass is 278 g/mol. The second kappa shape index (κ2) is 6.38. The van der Waals surface area contributed by atoms with E-state index < -0.39 is 11.4 Å². The van der Waals surface area contributed by atoms with E-state index in [4.69, 9.17) is 11.5 Å². The molecule has 0 radical (unpaired) electrons. The van der Waals surface area contributed by atoms with E-state index in [0.29, 0.717) is 5.69 Å². The molecule has 0 bridgehead atoms. The van der Waals surface area contributed by atoms with E-state index in [1.807, 2.05) is 19.1 Å². The fraction of sp³-hybridized carbons (Fsp3) is 0.429. The fourth-order valence-corrected chi connectivity index (χ4v) is 1.82. The van der Waals surface area contributed by atoms with Crippen LogP contribution in [-0.2, 0) is 4.79 Å². The number of amides is 3. The smallest absolute Gasteiger partial charge is 0.319 e. The van der Waals surface area contributed by atoms with Crippen LogP contribution in [0.25, 0.3) is 0 Å². The van der Waals surface area contributed by atoms with Gasteiger partial charge in [0.1, 0.15) is 0 Å². The minimum Gasteiger partial charge on any atom is -0.370 e. The predicted molar refractivity (Wildman–Crippen MR) is 79.1 cm³/mol. The van der Waals surface area contributed by atoms with E-state index in [1.54, 1.807) is 26.0 Å². The number of hydrogen-bond acceptors (Lipinski definition) is 3. The molecule has 0 saturated heterocycles. The van der Waals surface area contributed by atoms with Crippen molar-refractivity contribution in [2.75, 3.05) is 5.32 Å². The molecule has 0 heterocycles. The molecular weight excluding hydrogens is 256 g/mol. The number of hydrogen-bond donors (Lipinski definition) is 4. The molecule has 0 fully saturated rings. The highest BCUT2D eigenvalue weighted by Gasteiger charge is 2.22. The van der Waals surface area contributed by atoms with E-state index in [1.165, 1.54) is 0 Å². The Morgan fingerprint density at radius 1 is 1.25 bits per heavy atom. The highest BCUT2D eigenvalue weighted by atomic mass is 16.2. The van der Waals surface area contributed by atoms with E-state index >= 15 is 0 Å². The zero-order chi connectivity index (χ0) is 15.3. The molecule has 0 saturated carbocycles. The Labute approximate surface area is 118 Å². The lowest BCUT2D eigenvalue weighted by atomic mass is 10.0. The van der Waals surface area contributed by atoms with Gasteiger partial charge in [-0.2, -0.15) is 0 Å². The lowest BCUT2D eigenvalue weighted by Gasteiger charge is -2.24. The van der Waals surface area contributed by atoms with Gasteiger partial charge in [-0.05, 0) is 38.5 Å². The van der Waals surface area contributed by atoms with Gasteiger partial charge in [-0.1, -0.05) is 12.1 Å². The number of nitrogens with two attached hydrogens (primary N) is 2. The first-order chi connectivity index (χ1) is 9.19. The van der Waals surface area contributed by atoms with Crippen molar-refractivity contribution < 1.29 is 9.59 Å². The molecule has 1 rings (SSSR count). The molecule has 20 heavy (non-hydrogen) atoms. The summed E-state index contributed by atoms with van der Waals surface area (Å²) in [5, 5.41) is 5.39. The molecule has 1 unspecified atom stereocenters. The summed E-state index contributed by atoms with van der Waals surface area (Å²) in [6, 6.07) is 6.83. The van der Waals surface area contributed by atoms with E-state index in [-0.39, 0.29) is 18.5 Å². The van der Waals surface area contributed by atoms with E-state index in [0.717, 1.165) is 5.56 Å². The zero-order valence-corrected chi connectivity index (χ0v) is 12.1. The molecule has 110 valence electrons. The lowest BCUT2D eigenvalue weighted by Crippen LogP contribution is -2.47. The van der Waals surface area contributed by atoms with Gasteiger partial charge in [0.2, 0.25) is 5.91 Å². The molecule has 1 aromatic carbocycles.